The fraction of sp³-hybridized carbons (Fsp3) is 0.453. The van der Waals surface area contributed by atoms with Crippen molar-refractivity contribution in [1.29, 1.82) is 10.5 Å². The number of hydrogen-bond acceptors (Lipinski definition) is 19. The molecule has 4 aliphatic heterocycles. The van der Waals surface area contributed by atoms with Crippen LogP contribution in [0.25, 0.3) is 56.2 Å². The SMILES string of the molecule is C.C[C@H]1C(O)O[C@H](CNC(=O)/C(C#N)=C/c2ccc(-c3ccc4cc(NCCN5CCOCC5)ccc4c3)n2C)[C@@H](O)[C@@H]1O.C[C@H]1C(O)O[C@H](CNS(=O)(=O)/C(C#N)=C/c2ccc(-c3ccc4cc(NCCN5CCOCC5)ccc4c3)n2C)[C@@H](O)[C@@H]1O. The van der Waals surface area contributed by atoms with Crippen molar-refractivity contribution in [3.05, 3.63) is 119 Å². The number of fused-ring (bicyclic) bond motifs is 2. The molecule has 4 saturated heterocycles. The summed E-state index contributed by atoms with van der Waals surface area (Å²) in [4.78, 5) is 17.0. The number of amides is 1. The van der Waals surface area contributed by atoms with E-state index in [1.165, 1.54) is 19.1 Å². The molecule has 1 amide bonds. The fourth-order valence-electron chi connectivity index (χ4n) is 11.0. The number of aromatic nitrogens is 2. The van der Waals surface area contributed by atoms with Crippen LogP contribution < -0.4 is 20.7 Å². The van der Waals surface area contributed by atoms with Crippen LogP contribution in [0, 0.1) is 34.5 Å². The highest BCUT2D eigenvalue weighted by Gasteiger charge is 2.43. The predicted molar refractivity (Wildman–Crippen MR) is 336 cm³/mol. The standard InChI is InChI=1S/C32H39N5O6.C31H39N5O7S.CH4/c1-20-29(38)30(39)28(43-32(20)41)19-35-31(40)24(18-33)17-26-7-8-27(36(26)2)23-4-3-22-16-25(6-5-21(22)15-23)34-9-10-37-11-13-42-14-12-37;1-20-29(37)30(38)28(43-31(20)39)19-34-44(40,41)26(18-32)17-25-7-8-27(35(25)2)23-4-3-22-16-24(6-5-21(22)15-23)33-9-10-36-11-13-42-14-12-36;/h3-8,15-17,20,28-30,32,34,38-39,41H,9-14,19H2,1-2H3,(H,35,40);3-8,15-17,20,28-31,33-34,37-39H,9-14,19H2,1-2H3;1H4/b24-17+;26-17+;/t20-,28-,29-,30-,32?;20-,28-,29-,30-,31?;/m11./s1. The van der Waals surface area contributed by atoms with Crippen LogP contribution in [0.3, 0.4) is 0 Å². The van der Waals surface area contributed by atoms with Gasteiger partial charge >= 0.3 is 0 Å². The third-order valence-electron chi connectivity index (χ3n) is 16.7. The molecule has 6 aromatic rings. The lowest BCUT2D eigenvalue weighted by atomic mass is 9.92. The van der Waals surface area contributed by atoms with E-state index in [4.69, 9.17) is 18.9 Å². The zero-order valence-electron chi connectivity index (χ0n) is 49.2. The number of aliphatic hydroxyl groups excluding tert-OH is 6. The molecule has 0 bridgehead atoms. The summed E-state index contributed by atoms with van der Waals surface area (Å²) in [5.74, 6) is -2.06. The molecular weight excluding hydrogens is 1150 g/mol. The van der Waals surface area contributed by atoms with E-state index >= 15 is 0 Å². The second kappa shape index (κ2) is 30.4. The average molecular weight is 1230 g/mol. The largest absolute Gasteiger partial charge is 0.390 e. The predicted octanol–water partition coefficient (Wildman–Crippen LogP) is 3.77. The minimum absolute atomic E-state index is 0. The van der Waals surface area contributed by atoms with E-state index in [-0.39, 0.29) is 19.5 Å². The maximum Gasteiger partial charge on any atom is 0.262 e. The number of aliphatic hydroxyl groups is 6. The molecule has 4 aromatic carbocycles. The molecule has 6 heterocycles. The molecule has 0 aliphatic carbocycles. The Morgan fingerprint density at radius 3 is 1.48 bits per heavy atom. The minimum atomic E-state index is -4.29. The van der Waals surface area contributed by atoms with Crippen molar-refractivity contribution in [3.63, 3.8) is 0 Å². The fourth-order valence-corrected chi connectivity index (χ4v) is 11.9. The summed E-state index contributed by atoms with van der Waals surface area (Å²) in [6, 6.07) is 36.0. The molecule has 4 aliphatic rings. The summed E-state index contributed by atoms with van der Waals surface area (Å²) in [7, 11) is -0.632. The van der Waals surface area contributed by atoms with Crippen LogP contribution in [0.4, 0.5) is 11.4 Å². The number of anilines is 2. The van der Waals surface area contributed by atoms with Gasteiger partial charge in [0.15, 0.2) is 17.5 Å². The summed E-state index contributed by atoms with van der Waals surface area (Å²) in [6.45, 7) is 13.1. The zero-order valence-corrected chi connectivity index (χ0v) is 50.0. The summed E-state index contributed by atoms with van der Waals surface area (Å²) in [5, 5.41) is 93.9. The molecule has 10 atom stereocenters. The van der Waals surface area contributed by atoms with Crippen LogP contribution in [0.5, 0.6) is 0 Å². The first-order chi connectivity index (χ1) is 41.8. The first-order valence-electron chi connectivity index (χ1n) is 29.2. The Bertz CT molecular complexity index is 3620. The Labute approximate surface area is 513 Å². The van der Waals surface area contributed by atoms with Gasteiger partial charge in [-0.1, -0.05) is 57.7 Å². The Balaban J connectivity index is 0.000000225. The molecule has 0 radical (unpaired) electrons. The van der Waals surface area contributed by atoms with Gasteiger partial charge in [0.2, 0.25) is 0 Å². The summed E-state index contributed by atoms with van der Waals surface area (Å²) < 4.78 is 53.3. The smallest absolute Gasteiger partial charge is 0.262 e. The topological polar surface area (TPSA) is 322 Å². The third kappa shape index (κ3) is 16.2. The molecule has 0 saturated carbocycles. The first kappa shape index (κ1) is 66.9. The first-order valence-corrected chi connectivity index (χ1v) is 30.7. The van der Waals surface area contributed by atoms with E-state index in [0.29, 0.717) is 11.4 Å². The second-order valence-corrected chi connectivity index (χ2v) is 24.1. The van der Waals surface area contributed by atoms with E-state index in [9.17, 15) is 54.4 Å². The Morgan fingerprint density at radius 2 is 1.02 bits per heavy atom. The Morgan fingerprint density at radius 1 is 0.591 bits per heavy atom. The molecule has 4 fully saturated rings. The number of hydrogen-bond donors (Lipinski definition) is 10. The summed E-state index contributed by atoms with van der Waals surface area (Å²) >= 11 is 0. The molecule has 2 unspecified atom stereocenters. The molecule has 88 heavy (non-hydrogen) atoms. The average Bonchev–Trinajstić information content (AvgIpc) is 2.09. The number of morpholine rings is 2. The highest BCUT2D eigenvalue weighted by Crippen LogP contribution is 2.32. The van der Waals surface area contributed by atoms with Gasteiger partial charge in [0.05, 0.1) is 38.6 Å². The molecular formula is C64H82N10O13S. The van der Waals surface area contributed by atoms with Crippen LogP contribution in [-0.4, -0.2) is 205 Å². The maximum absolute atomic E-state index is 13.0. The molecule has 24 heteroatoms. The van der Waals surface area contributed by atoms with Gasteiger partial charge in [0.1, 0.15) is 42.1 Å². The van der Waals surface area contributed by atoms with Gasteiger partial charge in [0, 0.05) is 126 Å². The third-order valence-corrected chi connectivity index (χ3v) is 18.0. The zero-order chi connectivity index (χ0) is 61.9. The van der Waals surface area contributed by atoms with Crippen molar-refractivity contribution in [1.82, 2.24) is 29.0 Å². The van der Waals surface area contributed by atoms with Crippen LogP contribution in [-0.2, 0) is 47.9 Å². The monoisotopic (exact) mass is 1230 g/mol. The number of benzene rings is 4. The van der Waals surface area contributed by atoms with E-state index in [0.717, 1.165) is 134 Å². The molecule has 10 rings (SSSR count). The lowest BCUT2D eigenvalue weighted by molar-refractivity contribution is -0.258. The van der Waals surface area contributed by atoms with E-state index in [1.807, 2.05) is 48.0 Å². The number of nitrogens with one attached hydrogen (secondary N) is 4. The summed E-state index contributed by atoms with van der Waals surface area (Å²) in [6.07, 6.45) is -7.26. The van der Waals surface area contributed by atoms with Gasteiger partial charge in [-0.15, -0.1) is 0 Å². The molecule has 23 nitrogen and oxygen atoms in total. The number of nitriles is 2. The van der Waals surface area contributed by atoms with Crippen molar-refractivity contribution < 1.29 is 62.8 Å². The van der Waals surface area contributed by atoms with Crippen LogP contribution in [0.15, 0.2) is 108 Å². The second-order valence-electron chi connectivity index (χ2n) is 22.4. The van der Waals surface area contributed by atoms with Crippen molar-refractivity contribution >= 4 is 61.0 Å². The van der Waals surface area contributed by atoms with Crippen LogP contribution >= 0.6 is 0 Å². The van der Waals surface area contributed by atoms with Crippen molar-refractivity contribution in [2.24, 2.45) is 25.9 Å². The van der Waals surface area contributed by atoms with Gasteiger partial charge < -0.3 is 74.7 Å². The van der Waals surface area contributed by atoms with Crippen molar-refractivity contribution in [3.8, 4) is 34.7 Å². The number of rotatable bonds is 19. The number of allylic oxidation sites excluding steroid dienone is 1. The van der Waals surface area contributed by atoms with E-state index in [2.05, 4.69) is 91.1 Å². The number of ether oxygens (including phenoxy) is 4. The molecule has 472 valence electrons. The van der Waals surface area contributed by atoms with Crippen LogP contribution in [0.2, 0.25) is 0 Å². The van der Waals surface area contributed by atoms with Gasteiger partial charge in [0.25, 0.3) is 15.9 Å². The lowest BCUT2D eigenvalue weighted by Gasteiger charge is -2.39. The maximum atomic E-state index is 13.0. The highest BCUT2D eigenvalue weighted by atomic mass is 32.2. The molecule has 0 spiro atoms. The Kier molecular flexibility index (Phi) is 23.1. The van der Waals surface area contributed by atoms with E-state index in [1.54, 1.807) is 30.7 Å². The van der Waals surface area contributed by atoms with E-state index < -0.39 is 88.4 Å². The molecule has 2 aromatic heterocycles. The van der Waals surface area contributed by atoms with Gasteiger partial charge in [-0.05, 0) is 105 Å². The van der Waals surface area contributed by atoms with Gasteiger partial charge in [-0.3, -0.25) is 14.6 Å². The minimum Gasteiger partial charge on any atom is -0.390 e. The normalized spacial score (nSPS) is 24.8. The van der Waals surface area contributed by atoms with Gasteiger partial charge in [-0.2, -0.15) is 10.5 Å². The lowest BCUT2D eigenvalue weighted by Crippen LogP contribution is -2.56. The number of carbonyl (C=O) groups is 1. The van der Waals surface area contributed by atoms with Crippen molar-refractivity contribution in [2.75, 3.05) is 103 Å². The summed E-state index contributed by atoms with van der Waals surface area (Å²) in [5.41, 5.74) is 6.86. The number of carbonyl (C=O) groups excluding carboxylic acids is 1. The highest BCUT2D eigenvalue weighted by molar-refractivity contribution is 7.93. The van der Waals surface area contributed by atoms with Crippen molar-refractivity contribution in [2.45, 2.75) is 70.5 Å². The Hall–Kier alpha value is -7.08. The number of nitrogens with zero attached hydrogens (tertiary/aromatic N) is 6. The molecule has 10 N–H and O–H groups in total. The van der Waals surface area contributed by atoms with Gasteiger partial charge in [-0.25, -0.2) is 13.1 Å². The van der Waals surface area contributed by atoms with Crippen LogP contribution in [0.1, 0.15) is 32.7 Å². The number of sulfonamides is 1. The quantitative estimate of drug-likeness (QED) is 0.0408.